The molecule has 2 N–H and O–H groups in total. The van der Waals surface area contributed by atoms with Crippen molar-refractivity contribution in [3.8, 4) is 5.75 Å². The van der Waals surface area contributed by atoms with E-state index in [0.29, 0.717) is 11.3 Å². The summed E-state index contributed by atoms with van der Waals surface area (Å²) in [6.45, 7) is 0. The van der Waals surface area contributed by atoms with Crippen LogP contribution < -0.4 is 10.1 Å². The van der Waals surface area contributed by atoms with Gasteiger partial charge in [-0.05, 0) is 35.9 Å². The second-order valence-electron chi connectivity index (χ2n) is 6.23. The van der Waals surface area contributed by atoms with E-state index in [1.54, 1.807) is 19.2 Å². The first kappa shape index (κ1) is 17.5. The number of ether oxygens (including phenoxy) is 1. The van der Waals surface area contributed by atoms with E-state index < -0.39 is 0 Å². The Morgan fingerprint density at radius 3 is 2.61 bits per heavy atom. The summed E-state index contributed by atoms with van der Waals surface area (Å²) in [6.07, 6.45) is 3.88. The minimum absolute atomic E-state index is 0.219. The van der Waals surface area contributed by atoms with Crippen molar-refractivity contribution in [2.45, 2.75) is 0 Å². The van der Waals surface area contributed by atoms with Gasteiger partial charge in [-0.1, -0.05) is 54.6 Å². The van der Waals surface area contributed by atoms with E-state index in [-0.39, 0.29) is 5.91 Å². The number of nitrogens with one attached hydrogen (secondary N) is 2. The van der Waals surface area contributed by atoms with Gasteiger partial charge in [0.05, 0.1) is 23.9 Å². The van der Waals surface area contributed by atoms with Gasteiger partial charge in [0.15, 0.2) is 0 Å². The fourth-order valence-corrected chi connectivity index (χ4v) is 3.06. The number of rotatable bonds is 5. The number of para-hydroxylation sites is 3. The average molecular weight is 369 g/mol. The second kappa shape index (κ2) is 7.80. The second-order valence-corrected chi connectivity index (χ2v) is 6.23. The smallest absolute Gasteiger partial charge is 0.259 e. The lowest BCUT2D eigenvalue weighted by atomic mass is 10.1. The molecule has 0 spiro atoms. The van der Waals surface area contributed by atoms with Crippen molar-refractivity contribution in [2.75, 3.05) is 12.4 Å². The molecule has 4 rings (SSSR count). The van der Waals surface area contributed by atoms with E-state index in [4.69, 9.17) is 4.74 Å². The van der Waals surface area contributed by atoms with Crippen LogP contribution in [0.15, 0.2) is 72.8 Å². The van der Waals surface area contributed by atoms with Gasteiger partial charge in [-0.15, -0.1) is 0 Å². The monoisotopic (exact) mass is 369 g/mol. The maximum Gasteiger partial charge on any atom is 0.259 e. The molecule has 0 atom stereocenters. The number of benzene rings is 3. The number of hydrogen-bond acceptors (Lipinski definition) is 3. The van der Waals surface area contributed by atoms with Gasteiger partial charge in [0.1, 0.15) is 5.75 Å². The Balaban J connectivity index is 1.61. The molecule has 1 amide bonds. The minimum atomic E-state index is -0.219. The molecular formula is C23H19N3O2. The summed E-state index contributed by atoms with van der Waals surface area (Å²) in [5.41, 5.74) is 3.93. The largest absolute Gasteiger partial charge is 0.496 e. The van der Waals surface area contributed by atoms with Gasteiger partial charge >= 0.3 is 0 Å². The highest BCUT2D eigenvalue weighted by Crippen LogP contribution is 2.23. The summed E-state index contributed by atoms with van der Waals surface area (Å²) in [4.78, 5) is 12.7. The predicted molar refractivity (Wildman–Crippen MR) is 112 cm³/mol. The summed E-state index contributed by atoms with van der Waals surface area (Å²) < 4.78 is 5.29. The van der Waals surface area contributed by atoms with Crippen molar-refractivity contribution in [1.82, 2.24) is 10.2 Å². The number of aromatic nitrogens is 2. The number of methoxy groups -OCH3 is 1. The molecule has 4 aromatic rings. The normalized spacial score (nSPS) is 11.0. The lowest BCUT2D eigenvalue weighted by Crippen LogP contribution is -2.13. The van der Waals surface area contributed by atoms with Crippen LogP contribution >= 0.6 is 0 Å². The number of carbonyl (C=O) groups is 1. The molecule has 0 aliphatic rings. The van der Waals surface area contributed by atoms with E-state index in [1.807, 2.05) is 72.8 Å². The van der Waals surface area contributed by atoms with Crippen LogP contribution in [0.25, 0.3) is 23.1 Å². The molecular weight excluding hydrogens is 350 g/mol. The van der Waals surface area contributed by atoms with Crippen LogP contribution in [0.1, 0.15) is 21.6 Å². The number of fused-ring (bicyclic) bond motifs is 1. The first-order chi connectivity index (χ1) is 13.8. The summed E-state index contributed by atoms with van der Waals surface area (Å²) >= 11 is 0. The molecule has 0 saturated carbocycles. The van der Waals surface area contributed by atoms with Crippen LogP contribution in [-0.2, 0) is 0 Å². The fraction of sp³-hybridized carbons (Fsp3) is 0.0435. The van der Waals surface area contributed by atoms with E-state index in [2.05, 4.69) is 15.5 Å². The highest BCUT2D eigenvalue weighted by molar-refractivity contribution is 6.07. The first-order valence-corrected chi connectivity index (χ1v) is 8.91. The maximum absolute atomic E-state index is 12.7. The van der Waals surface area contributed by atoms with Crippen LogP contribution in [0.4, 0.5) is 5.69 Å². The summed E-state index contributed by atoms with van der Waals surface area (Å²) in [5.74, 6) is 0.319. The number of amides is 1. The van der Waals surface area contributed by atoms with Gasteiger partial charge in [0, 0.05) is 11.1 Å². The summed E-state index contributed by atoms with van der Waals surface area (Å²) in [7, 11) is 1.55. The Bertz CT molecular complexity index is 1160. The molecule has 0 aliphatic heterocycles. The Labute approximate surface area is 162 Å². The van der Waals surface area contributed by atoms with Gasteiger partial charge in [0.25, 0.3) is 5.91 Å². The third-order valence-electron chi connectivity index (χ3n) is 4.48. The Kier molecular flexibility index (Phi) is 4.89. The van der Waals surface area contributed by atoms with Gasteiger partial charge in [-0.3, -0.25) is 9.89 Å². The van der Waals surface area contributed by atoms with Crippen LogP contribution in [-0.4, -0.2) is 23.2 Å². The molecule has 138 valence electrons. The van der Waals surface area contributed by atoms with E-state index >= 15 is 0 Å². The van der Waals surface area contributed by atoms with E-state index in [9.17, 15) is 4.79 Å². The van der Waals surface area contributed by atoms with Crippen LogP contribution in [0.2, 0.25) is 0 Å². The van der Waals surface area contributed by atoms with Crippen molar-refractivity contribution in [3.63, 3.8) is 0 Å². The third kappa shape index (κ3) is 3.50. The molecule has 28 heavy (non-hydrogen) atoms. The van der Waals surface area contributed by atoms with Crippen molar-refractivity contribution < 1.29 is 9.53 Å². The first-order valence-electron chi connectivity index (χ1n) is 8.91. The molecule has 3 aromatic carbocycles. The Morgan fingerprint density at radius 2 is 1.71 bits per heavy atom. The summed E-state index contributed by atoms with van der Waals surface area (Å²) in [6, 6.07) is 22.7. The van der Waals surface area contributed by atoms with E-state index in [1.165, 1.54) is 0 Å². The molecule has 1 aromatic heterocycles. The number of H-pyrrole nitrogens is 1. The molecule has 5 nitrogen and oxygen atoms in total. The molecule has 1 heterocycles. The molecule has 0 unspecified atom stereocenters. The standard InChI is InChI=1S/C23H19N3O2/c1-28-22-13-7-4-10-18(22)23(27)24-19-11-5-2-8-16(19)14-15-21-17-9-3-6-12-20(17)25-26-21/h2-15H,1H3,(H,24,27)(H,25,26)/b15-14+. The van der Waals surface area contributed by atoms with Crippen molar-refractivity contribution in [2.24, 2.45) is 0 Å². The highest BCUT2D eigenvalue weighted by atomic mass is 16.5. The Morgan fingerprint density at radius 1 is 0.964 bits per heavy atom. The summed E-state index contributed by atoms with van der Waals surface area (Å²) in [5, 5.41) is 11.4. The topological polar surface area (TPSA) is 67.0 Å². The van der Waals surface area contributed by atoms with Gasteiger partial charge in [-0.2, -0.15) is 5.10 Å². The van der Waals surface area contributed by atoms with E-state index in [0.717, 1.165) is 27.8 Å². The van der Waals surface area contributed by atoms with Crippen molar-refractivity contribution in [1.29, 1.82) is 0 Å². The van der Waals surface area contributed by atoms with Crippen LogP contribution in [0.3, 0.4) is 0 Å². The maximum atomic E-state index is 12.7. The molecule has 0 aliphatic carbocycles. The highest BCUT2D eigenvalue weighted by Gasteiger charge is 2.12. The van der Waals surface area contributed by atoms with Gasteiger partial charge in [0.2, 0.25) is 0 Å². The van der Waals surface area contributed by atoms with Crippen molar-refractivity contribution in [3.05, 3.63) is 89.6 Å². The SMILES string of the molecule is COc1ccccc1C(=O)Nc1ccccc1/C=C/c1n[nH]c2ccccc12. The fourth-order valence-electron chi connectivity index (χ4n) is 3.06. The molecule has 0 fully saturated rings. The number of carbonyl (C=O) groups excluding carboxylic acids is 1. The lowest BCUT2D eigenvalue weighted by Gasteiger charge is -2.11. The zero-order chi connectivity index (χ0) is 19.3. The minimum Gasteiger partial charge on any atom is -0.496 e. The quantitative estimate of drug-likeness (QED) is 0.520. The van der Waals surface area contributed by atoms with Crippen LogP contribution in [0.5, 0.6) is 5.75 Å². The third-order valence-corrected chi connectivity index (χ3v) is 4.48. The zero-order valence-corrected chi connectivity index (χ0v) is 15.3. The number of aromatic amines is 1. The zero-order valence-electron chi connectivity index (χ0n) is 15.3. The number of hydrogen-bond donors (Lipinski definition) is 2. The molecule has 0 radical (unpaired) electrons. The number of anilines is 1. The van der Waals surface area contributed by atoms with Crippen LogP contribution in [0, 0.1) is 0 Å². The molecule has 0 bridgehead atoms. The lowest BCUT2D eigenvalue weighted by molar-refractivity contribution is 0.102. The number of nitrogens with zero attached hydrogens (tertiary/aromatic N) is 1. The molecule has 0 saturated heterocycles. The van der Waals surface area contributed by atoms with Gasteiger partial charge < -0.3 is 10.1 Å². The predicted octanol–water partition coefficient (Wildman–Crippen LogP) is 4.99. The molecule has 5 heteroatoms. The van der Waals surface area contributed by atoms with Gasteiger partial charge in [-0.25, -0.2) is 0 Å². The van der Waals surface area contributed by atoms with Crippen molar-refractivity contribution >= 4 is 34.6 Å². The Hall–Kier alpha value is -3.86. The average Bonchev–Trinajstić information content (AvgIpc) is 3.16.